The van der Waals surface area contributed by atoms with Crippen molar-refractivity contribution >= 4 is 33.6 Å². The summed E-state index contributed by atoms with van der Waals surface area (Å²) in [6, 6.07) is 17.5. The van der Waals surface area contributed by atoms with E-state index in [2.05, 4.69) is 121 Å². The fourth-order valence-corrected chi connectivity index (χ4v) is 6.43. The molecule has 0 spiro atoms. The number of methoxy groups -OCH3 is 2. The second kappa shape index (κ2) is 22.6. The van der Waals surface area contributed by atoms with Gasteiger partial charge in [0.05, 0.1) is 27.3 Å². The lowest BCUT2D eigenvalue weighted by Crippen LogP contribution is -3.00. The average Bonchev–Trinajstić information content (AvgIpc) is 3.05. The van der Waals surface area contributed by atoms with Crippen LogP contribution in [0.1, 0.15) is 117 Å². The molecule has 2 aromatic rings. The summed E-state index contributed by atoms with van der Waals surface area (Å²) in [4.78, 5) is 24.5. The molecule has 0 saturated carbocycles. The third-order valence-corrected chi connectivity index (χ3v) is 9.95. The van der Waals surface area contributed by atoms with Crippen molar-refractivity contribution in [2.24, 2.45) is 11.8 Å². The number of hydrogen-bond donors (Lipinski definition) is 1. The summed E-state index contributed by atoms with van der Waals surface area (Å²) in [5.41, 5.74) is 4.58. The maximum Gasteiger partial charge on any atom is 0.305 e. The van der Waals surface area contributed by atoms with Crippen molar-refractivity contribution in [3.63, 3.8) is 0 Å². The number of carbonyl (C=O) groups excluding carboxylic acids is 2. The highest BCUT2D eigenvalue weighted by Gasteiger charge is 2.21. The van der Waals surface area contributed by atoms with E-state index in [9.17, 15) is 9.59 Å². The van der Waals surface area contributed by atoms with Gasteiger partial charge >= 0.3 is 11.9 Å². The first-order valence-electron chi connectivity index (χ1n) is 17.8. The first-order chi connectivity index (χ1) is 22.2. The Morgan fingerprint density at radius 2 is 1.10 bits per heavy atom. The monoisotopic (exact) mass is 750 g/mol. The lowest BCUT2D eigenvalue weighted by Gasteiger charge is -2.34. The van der Waals surface area contributed by atoms with E-state index in [1.807, 2.05) is 0 Å². The highest BCUT2D eigenvalue weighted by atomic mass is 79.9. The Kier molecular flexibility index (Phi) is 20.7. The number of benzene rings is 2. The summed E-state index contributed by atoms with van der Waals surface area (Å²) < 4.78 is 10.4. The van der Waals surface area contributed by atoms with Crippen molar-refractivity contribution in [2.75, 3.05) is 45.3 Å². The molecule has 272 valence electrons. The number of quaternary nitrogens is 1. The second-order valence-corrected chi connectivity index (χ2v) is 16.1. The van der Waals surface area contributed by atoms with Gasteiger partial charge in [-0.25, -0.2) is 0 Å². The molecule has 0 aromatic heterocycles. The van der Waals surface area contributed by atoms with Crippen LogP contribution in [0.3, 0.4) is 0 Å². The Labute approximate surface area is 307 Å². The third-order valence-electron chi connectivity index (χ3n) is 9.42. The highest BCUT2D eigenvalue weighted by molar-refractivity contribution is 9.10. The molecule has 4 rings (SSSR count). The van der Waals surface area contributed by atoms with E-state index in [1.165, 1.54) is 76.2 Å². The first-order valence-corrected chi connectivity index (χ1v) is 18.6. The molecule has 0 aliphatic carbocycles. The van der Waals surface area contributed by atoms with Crippen LogP contribution in [0.25, 0.3) is 0 Å². The number of nitrogens with zero attached hydrogens (tertiary/aromatic N) is 1. The van der Waals surface area contributed by atoms with Gasteiger partial charge in [0, 0.05) is 36.1 Å². The van der Waals surface area contributed by atoms with Gasteiger partial charge in [-0.15, -0.1) is 0 Å². The maximum atomic E-state index is 11.2. The minimum absolute atomic E-state index is 0. The minimum atomic E-state index is -0.0821. The molecule has 0 atom stereocenters. The fraction of sp³-hybridized carbons (Fsp3) is 0.650. The Morgan fingerprint density at radius 1 is 0.708 bits per heavy atom. The van der Waals surface area contributed by atoms with E-state index in [1.54, 1.807) is 0 Å². The number of nitrogens with two attached hydrogens (primary N) is 1. The van der Waals surface area contributed by atoms with Crippen LogP contribution < -0.4 is 22.6 Å². The Bertz CT molecular complexity index is 1160. The van der Waals surface area contributed by atoms with Gasteiger partial charge in [-0.05, 0) is 109 Å². The van der Waals surface area contributed by atoms with E-state index in [0.717, 1.165) is 48.7 Å². The van der Waals surface area contributed by atoms with Gasteiger partial charge in [-0.3, -0.25) is 9.59 Å². The van der Waals surface area contributed by atoms with Gasteiger partial charge in [-0.1, -0.05) is 81.7 Å². The van der Waals surface area contributed by atoms with Gasteiger partial charge < -0.3 is 32.1 Å². The van der Waals surface area contributed by atoms with Crippen LogP contribution in [0, 0.1) is 11.8 Å². The van der Waals surface area contributed by atoms with E-state index >= 15 is 0 Å². The average molecular weight is 752 g/mol. The van der Waals surface area contributed by atoms with Gasteiger partial charge in [0.15, 0.2) is 0 Å². The van der Waals surface area contributed by atoms with Crippen LogP contribution in [0.5, 0.6) is 0 Å². The quantitative estimate of drug-likeness (QED) is 0.338. The van der Waals surface area contributed by atoms with Gasteiger partial charge in [0.2, 0.25) is 0 Å². The third kappa shape index (κ3) is 17.5. The molecular formula is C40H64BrClN2O4. The van der Waals surface area contributed by atoms with Crippen molar-refractivity contribution in [3.05, 3.63) is 64.1 Å². The van der Waals surface area contributed by atoms with E-state index in [-0.39, 0.29) is 35.2 Å². The number of carbonyl (C=O) groups is 2. The van der Waals surface area contributed by atoms with Crippen molar-refractivity contribution < 1.29 is 36.8 Å². The van der Waals surface area contributed by atoms with E-state index < -0.39 is 0 Å². The zero-order chi connectivity index (χ0) is 34.9. The van der Waals surface area contributed by atoms with E-state index in [4.69, 9.17) is 4.74 Å². The molecule has 0 amide bonds. The minimum Gasteiger partial charge on any atom is -1.00 e. The van der Waals surface area contributed by atoms with Crippen molar-refractivity contribution in [3.8, 4) is 0 Å². The second-order valence-electron chi connectivity index (χ2n) is 15.2. The summed E-state index contributed by atoms with van der Waals surface area (Å²) in [5, 5.41) is 2.37. The van der Waals surface area contributed by atoms with E-state index in [0.29, 0.717) is 12.8 Å². The van der Waals surface area contributed by atoms with Crippen molar-refractivity contribution in [1.82, 2.24) is 0 Å². The summed E-state index contributed by atoms with van der Waals surface area (Å²) >= 11 is 3.41. The number of hydrogen-bond acceptors (Lipinski definition) is 5. The summed E-state index contributed by atoms with van der Waals surface area (Å²) in [6.07, 6.45) is 10.5. The molecule has 8 heteroatoms. The van der Waals surface area contributed by atoms with Gasteiger partial charge in [0.1, 0.15) is 0 Å². The lowest BCUT2D eigenvalue weighted by molar-refractivity contribution is -0.664. The predicted molar refractivity (Wildman–Crippen MR) is 199 cm³/mol. The van der Waals surface area contributed by atoms with Crippen molar-refractivity contribution in [2.45, 2.75) is 117 Å². The Balaban J connectivity index is 0.000000391. The van der Waals surface area contributed by atoms with Crippen LogP contribution >= 0.6 is 15.9 Å². The van der Waals surface area contributed by atoms with Gasteiger partial charge in [0.25, 0.3) is 0 Å². The number of halogens is 2. The number of rotatable bonds is 9. The highest BCUT2D eigenvalue weighted by Crippen LogP contribution is 2.29. The van der Waals surface area contributed by atoms with Crippen LogP contribution in [0.4, 0.5) is 5.69 Å². The Hall–Kier alpha value is -2.09. The molecule has 0 bridgehead atoms. The molecule has 2 saturated heterocycles. The molecule has 48 heavy (non-hydrogen) atoms. The van der Waals surface area contributed by atoms with Crippen LogP contribution in [-0.2, 0) is 29.9 Å². The largest absolute Gasteiger partial charge is 1.00 e. The first kappa shape index (κ1) is 43.9. The topological polar surface area (TPSA) is 72.4 Å². The van der Waals surface area contributed by atoms with Crippen LogP contribution in [0.2, 0.25) is 0 Å². The number of ether oxygens (including phenoxy) is 2. The normalized spacial score (nSPS) is 15.6. The SMILES string of the molecule is CC(C)(C)c1ccc(Br)cc1.COC(=O)CCCC1CCN(c2ccc(C(C)(C)C)cc2)CC1.COC(=O)CCCC1CC[NH2+]CC1.[Cl-]. The summed E-state index contributed by atoms with van der Waals surface area (Å²) in [6.45, 7) is 18.2. The molecular weight excluding hydrogens is 688 g/mol. The fourth-order valence-electron chi connectivity index (χ4n) is 6.16. The molecule has 2 aliphatic heterocycles. The van der Waals surface area contributed by atoms with Crippen LogP contribution in [-0.4, -0.2) is 52.3 Å². The number of anilines is 1. The molecule has 2 heterocycles. The van der Waals surface area contributed by atoms with Crippen LogP contribution in [0.15, 0.2) is 53.0 Å². The summed E-state index contributed by atoms with van der Waals surface area (Å²) in [7, 11) is 2.92. The van der Waals surface area contributed by atoms with Crippen molar-refractivity contribution in [1.29, 1.82) is 0 Å². The lowest BCUT2D eigenvalue weighted by atomic mass is 9.87. The maximum absolute atomic E-state index is 11.2. The molecule has 2 N–H and O–H groups in total. The predicted octanol–water partition coefficient (Wildman–Crippen LogP) is 5.60. The number of piperidine rings is 2. The zero-order valence-corrected chi connectivity index (χ0v) is 33.4. The van der Waals surface area contributed by atoms with Gasteiger partial charge in [-0.2, -0.15) is 0 Å². The molecule has 6 nitrogen and oxygen atoms in total. The Morgan fingerprint density at radius 3 is 1.50 bits per heavy atom. The summed E-state index contributed by atoms with van der Waals surface area (Å²) in [5.74, 6) is 1.46. The molecule has 0 unspecified atom stereocenters. The molecule has 2 aromatic carbocycles. The molecule has 0 radical (unpaired) electrons. The number of esters is 2. The molecule has 2 aliphatic rings. The smallest absolute Gasteiger partial charge is 0.305 e. The molecule has 2 fully saturated rings. The standard InChI is InChI=1S/C20H31NO2.C10H13Br.C10H19NO2.ClH/c1-20(2,3)17-8-10-18(11-9-17)21-14-12-16(13-15-21)6-5-7-19(22)23-4;1-10(2,3)8-4-6-9(11)7-5-8;1-13-10(12)4-2-3-9-5-7-11-8-6-9;/h8-11,16H,5-7,12-15H2,1-4H3;4-7H,1-3H3;9,11H,2-8H2,1H3;1H. The zero-order valence-electron chi connectivity index (χ0n) is 31.1.